The SMILES string of the molecule is Cn1c(N2CCC3(CC2)Cc2ccccc2[C@H]3N)ncc(C#CCc2ccnc(N)n2)c1=O. The highest BCUT2D eigenvalue weighted by Gasteiger charge is 2.46. The largest absolute Gasteiger partial charge is 0.368 e. The smallest absolute Gasteiger partial charge is 0.270 e. The van der Waals surface area contributed by atoms with Gasteiger partial charge in [0.15, 0.2) is 0 Å². The summed E-state index contributed by atoms with van der Waals surface area (Å²) in [6, 6.07) is 10.3. The Kier molecular flexibility index (Phi) is 5.35. The molecule has 2 aliphatic rings. The van der Waals surface area contributed by atoms with Crippen LogP contribution in [0.1, 0.15) is 41.3 Å². The van der Waals surface area contributed by atoms with Gasteiger partial charge in [0, 0.05) is 32.4 Å². The van der Waals surface area contributed by atoms with E-state index in [1.165, 1.54) is 11.1 Å². The molecule has 0 amide bonds. The number of anilines is 2. The molecule has 1 aliphatic heterocycles. The van der Waals surface area contributed by atoms with E-state index >= 15 is 0 Å². The summed E-state index contributed by atoms with van der Waals surface area (Å²) in [6.45, 7) is 1.64. The summed E-state index contributed by atoms with van der Waals surface area (Å²) in [7, 11) is 1.75. The summed E-state index contributed by atoms with van der Waals surface area (Å²) in [4.78, 5) is 27.7. The number of fused-ring (bicyclic) bond motifs is 1. The van der Waals surface area contributed by atoms with Crippen LogP contribution >= 0.6 is 0 Å². The summed E-state index contributed by atoms with van der Waals surface area (Å²) in [6.07, 6.45) is 6.52. The van der Waals surface area contributed by atoms with Crippen LogP contribution in [0.25, 0.3) is 0 Å². The number of nitrogens with zero attached hydrogens (tertiary/aromatic N) is 5. The van der Waals surface area contributed by atoms with Crippen molar-refractivity contribution < 1.29 is 0 Å². The first-order valence-corrected chi connectivity index (χ1v) is 11.2. The first kappa shape index (κ1) is 21.2. The first-order chi connectivity index (χ1) is 16.0. The molecule has 4 N–H and O–H groups in total. The fourth-order valence-electron chi connectivity index (χ4n) is 5.11. The highest BCUT2D eigenvalue weighted by Crippen LogP contribution is 2.50. The van der Waals surface area contributed by atoms with Gasteiger partial charge in [-0.3, -0.25) is 9.36 Å². The third-order valence-corrected chi connectivity index (χ3v) is 7.00. The van der Waals surface area contributed by atoms with Crippen LogP contribution in [-0.2, 0) is 19.9 Å². The molecule has 0 radical (unpaired) electrons. The van der Waals surface area contributed by atoms with Crippen LogP contribution in [0.3, 0.4) is 0 Å². The number of aromatic nitrogens is 4. The molecule has 3 aromatic rings. The molecule has 8 nitrogen and oxygen atoms in total. The van der Waals surface area contributed by atoms with E-state index in [0.29, 0.717) is 23.6 Å². The van der Waals surface area contributed by atoms with Gasteiger partial charge in [-0.25, -0.2) is 15.0 Å². The molecule has 168 valence electrons. The zero-order chi connectivity index (χ0) is 23.0. The van der Waals surface area contributed by atoms with E-state index in [1.54, 1.807) is 30.1 Å². The molecule has 0 unspecified atom stereocenters. The Morgan fingerprint density at radius 1 is 1.18 bits per heavy atom. The van der Waals surface area contributed by atoms with Gasteiger partial charge in [-0.1, -0.05) is 36.1 Å². The van der Waals surface area contributed by atoms with Crippen molar-refractivity contribution in [1.82, 2.24) is 19.5 Å². The van der Waals surface area contributed by atoms with Gasteiger partial charge >= 0.3 is 0 Å². The lowest BCUT2D eigenvalue weighted by Gasteiger charge is -2.42. The molecule has 5 rings (SSSR count). The Hall–Kier alpha value is -3.70. The molecule has 1 atom stereocenters. The van der Waals surface area contributed by atoms with Crippen LogP contribution in [0, 0.1) is 17.3 Å². The van der Waals surface area contributed by atoms with Gasteiger partial charge in [0.1, 0.15) is 5.56 Å². The minimum Gasteiger partial charge on any atom is -0.368 e. The van der Waals surface area contributed by atoms with Gasteiger partial charge in [-0.15, -0.1) is 0 Å². The molecule has 33 heavy (non-hydrogen) atoms. The highest BCUT2D eigenvalue weighted by molar-refractivity contribution is 5.41. The maximum Gasteiger partial charge on any atom is 0.270 e. The summed E-state index contributed by atoms with van der Waals surface area (Å²) < 4.78 is 1.59. The molecule has 0 saturated carbocycles. The zero-order valence-electron chi connectivity index (χ0n) is 18.7. The number of piperidine rings is 1. The molecule has 1 spiro atoms. The van der Waals surface area contributed by atoms with E-state index < -0.39 is 0 Å². The van der Waals surface area contributed by atoms with Gasteiger partial charge in [0.25, 0.3) is 5.56 Å². The predicted molar refractivity (Wildman–Crippen MR) is 127 cm³/mol. The normalized spacial score (nSPS) is 18.6. The van der Waals surface area contributed by atoms with E-state index in [-0.39, 0.29) is 23.0 Å². The third kappa shape index (κ3) is 3.85. The summed E-state index contributed by atoms with van der Waals surface area (Å²) in [5, 5.41) is 0. The second kappa shape index (κ2) is 8.34. The number of hydrogen-bond acceptors (Lipinski definition) is 7. The molecule has 1 aliphatic carbocycles. The molecule has 2 aromatic heterocycles. The van der Waals surface area contributed by atoms with Crippen LogP contribution < -0.4 is 21.9 Å². The van der Waals surface area contributed by atoms with Gasteiger partial charge in [0.2, 0.25) is 11.9 Å². The van der Waals surface area contributed by atoms with Crippen LogP contribution in [0.4, 0.5) is 11.9 Å². The number of hydrogen-bond donors (Lipinski definition) is 2. The van der Waals surface area contributed by atoms with E-state index in [9.17, 15) is 4.79 Å². The average molecular weight is 442 g/mol. The molecular weight excluding hydrogens is 414 g/mol. The van der Waals surface area contributed by atoms with E-state index in [4.69, 9.17) is 11.5 Å². The number of benzene rings is 1. The van der Waals surface area contributed by atoms with E-state index in [2.05, 4.69) is 56.0 Å². The van der Waals surface area contributed by atoms with Crippen molar-refractivity contribution in [2.24, 2.45) is 18.2 Å². The molecular formula is C25H27N7O. The van der Waals surface area contributed by atoms with Crippen molar-refractivity contribution in [3.63, 3.8) is 0 Å². The fraction of sp³-hybridized carbons (Fsp3) is 0.360. The minimum absolute atomic E-state index is 0.0653. The quantitative estimate of drug-likeness (QED) is 0.580. The second-order valence-electron chi connectivity index (χ2n) is 8.92. The van der Waals surface area contributed by atoms with Gasteiger partial charge in [-0.2, -0.15) is 0 Å². The Morgan fingerprint density at radius 2 is 1.97 bits per heavy atom. The standard InChI is InChI=1S/C25H27N7O/c1-31-22(33)18(6-4-7-19-9-12-28-23(27)30-19)16-29-24(31)32-13-10-25(11-14-32)15-17-5-2-3-8-20(17)21(25)26/h2-3,5,8-9,12,16,21H,7,10-11,13-15,26H2,1H3,(H2,27,28,30)/t21-/m1/s1. The fourth-order valence-corrected chi connectivity index (χ4v) is 5.11. The van der Waals surface area contributed by atoms with Crippen molar-refractivity contribution in [2.75, 3.05) is 23.7 Å². The van der Waals surface area contributed by atoms with Crippen molar-refractivity contribution in [2.45, 2.75) is 31.7 Å². The Labute approximate surface area is 192 Å². The predicted octanol–water partition coefficient (Wildman–Crippen LogP) is 1.59. The maximum absolute atomic E-state index is 12.9. The number of nitrogens with two attached hydrogens (primary N) is 2. The lowest BCUT2D eigenvalue weighted by molar-refractivity contribution is 0.186. The van der Waals surface area contributed by atoms with Crippen molar-refractivity contribution in [1.29, 1.82) is 0 Å². The number of rotatable bonds is 2. The summed E-state index contributed by atoms with van der Waals surface area (Å²) >= 11 is 0. The molecule has 1 saturated heterocycles. The van der Waals surface area contributed by atoms with Crippen molar-refractivity contribution >= 4 is 11.9 Å². The Morgan fingerprint density at radius 3 is 2.73 bits per heavy atom. The van der Waals surface area contributed by atoms with E-state index in [0.717, 1.165) is 32.4 Å². The average Bonchev–Trinajstić information content (AvgIpc) is 3.09. The minimum atomic E-state index is -0.153. The van der Waals surface area contributed by atoms with E-state index in [1.807, 2.05) is 0 Å². The first-order valence-electron chi connectivity index (χ1n) is 11.2. The van der Waals surface area contributed by atoms with Crippen LogP contribution in [0.15, 0.2) is 47.5 Å². The lowest BCUT2D eigenvalue weighted by atomic mass is 9.73. The second-order valence-corrected chi connectivity index (χ2v) is 8.92. The van der Waals surface area contributed by atoms with Crippen LogP contribution in [0.2, 0.25) is 0 Å². The number of nitrogen functional groups attached to an aromatic ring is 1. The zero-order valence-corrected chi connectivity index (χ0v) is 18.7. The van der Waals surface area contributed by atoms with Crippen LogP contribution in [-0.4, -0.2) is 32.6 Å². The Balaban J connectivity index is 1.29. The van der Waals surface area contributed by atoms with Crippen molar-refractivity contribution in [3.05, 3.63) is 75.5 Å². The highest BCUT2D eigenvalue weighted by atomic mass is 16.1. The lowest BCUT2D eigenvalue weighted by Crippen LogP contribution is -2.46. The van der Waals surface area contributed by atoms with Crippen molar-refractivity contribution in [3.8, 4) is 11.8 Å². The molecule has 0 bridgehead atoms. The summed E-state index contributed by atoms with van der Waals surface area (Å²) in [5.41, 5.74) is 16.0. The Bertz CT molecular complexity index is 1310. The van der Waals surface area contributed by atoms with Gasteiger partial charge < -0.3 is 16.4 Å². The van der Waals surface area contributed by atoms with Gasteiger partial charge in [-0.05, 0) is 41.9 Å². The van der Waals surface area contributed by atoms with Crippen LogP contribution in [0.5, 0.6) is 0 Å². The topological polar surface area (TPSA) is 116 Å². The monoisotopic (exact) mass is 441 g/mol. The maximum atomic E-state index is 12.9. The van der Waals surface area contributed by atoms with Gasteiger partial charge in [0.05, 0.1) is 18.3 Å². The molecule has 8 heteroatoms. The third-order valence-electron chi connectivity index (χ3n) is 7.00. The molecule has 1 fully saturated rings. The summed E-state index contributed by atoms with van der Waals surface area (Å²) in [5.74, 6) is 6.79. The molecule has 1 aromatic carbocycles. The molecule has 3 heterocycles.